The highest BCUT2D eigenvalue weighted by Gasteiger charge is 2.31. The van der Waals surface area contributed by atoms with Gasteiger partial charge < -0.3 is 5.32 Å². The highest BCUT2D eigenvalue weighted by atomic mass is 32.1. The van der Waals surface area contributed by atoms with Gasteiger partial charge in [0.2, 0.25) is 0 Å². The fourth-order valence-corrected chi connectivity index (χ4v) is 4.47. The molecule has 1 amide bonds. The predicted octanol–water partition coefficient (Wildman–Crippen LogP) is 3.92. The number of amides is 1. The number of likely N-dealkylation sites (tertiary alicyclic amines) is 1. The first-order valence-corrected chi connectivity index (χ1v) is 10.5. The molecule has 3 aromatic heterocycles. The van der Waals surface area contributed by atoms with Crippen molar-refractivity contribution in [3.8, 4) is 0 Å². The molecule has 1 aliphatic rings. The fraction of sp³-hybridized carbons (Fsp3) is 0.318. The Morgan fingerprint density at radius 2 is 2.00 bits per heavy atom. The number of nitrogens with zero attached hydrogens (tertiary/aromatic N) is 3. The third kappa shape index (κ3) is 4.64. The summed E-state index contributed by atoms with van der Waals surface area (Å²) in [5.74, 6) is 0.295. The van der Waals surface area contributed by atoms with Crippen LogP contribution in [0.4, 0.5) is 0 Å². The summed E-state index contributed by atoms with van der Waals surface area (Å²) in [5.41, 5.74) is 2.01. The average molecular weight is 393 g/mol. The number of rotatable bonds is 6. The zero-order valence-corrected chi connectivity index (χ0v) is 16.5. The van der Waals surface area contributed by atoms with Gasteiger partial charge in [0.05, 0.1) is 22.3 Å². The normalized spacial score (nSPS) is 18.5. The molecule has 4 heterocycles. The summed E-state index contributed by atoms with van der Waals surface area (Å²) in [5, 5.41) is 5.19. The molecule has 0 aliphatic carbocycles. The van der Waals surface area contributed by atoms with Crippen molar-refractivity contribution in [1.29, 1.82) is 0 Å². The zero-order chi connectivity index (χ0) is 19.2. The van der Waals surface area contributed by atoms with Gasteiger partial charge in [-0.2, -0.15) is 0 Å². The van der Waals surface area contributed by atoms with E-state index in [0.717, 1.165) is 48.7 Å². The van der Waals surface area contributed by atoms with Crippen LogP contribution in [0.5, 0.6) is 0 Å². The molecule has 1 aliphatic heterocycles. The smallest absolute Gasteiger partial charge is 0.261 e. The lowest BCUT2D eigenvalue weighted by Crippen LogP contribution is -2.43. The highest BCUT2D eigenvalue weighted by Crippen LogP contribution is 2.30. The van der Waals surface area contributed by atoms with Crippen molar-refractivity contribution in [3.05, 3.63) is 82.6 Å². The Kier molecular flexibility index (Phi) is 6.09. The van der Waals surface area contributed by atoms with Crippen molar-refractivity contribution in [1.82, 2.24) is 20.2 Å². The van der Waals surface area contributed by atoms with E-state index >= 15 is 0 Å². The number of hydrogen-bond donors (Lipinski definition) is 1. The van der Waals surface area contributed by atoms with Crippen molar-refractivity contribution in [2.45, 2.75) is 25.4 Å². The number of nitrogens with one attached hydrogen (secondary N) is 1. The Morgan fingerprint density at radius 3 is 2.71 bits per heavy atom. The quantitative estimate of drug-likeness (QED) is 0.691. The molecule has 28 heavy (non-hydrogen) atoms. The molecule has 6 heteroatoms. The van der Waals surface area contributed by atoms with Crippen LogP contribution in [0.15, 0.2) is 66.3 Å². The van der Waals surface area contributed by atoms with E-state index < -0.39 is 0 Å². The van der Waals surface area contributed by atoms with Crippen LogP contribution in [0.3, 0.4) is 0 Å². The van der Waals surface area contributed by atoms with Gasteiger partial charge in [0.1, 0.15) is 0 Å². The van der Waals surface area contributed by atoms with Gasteiger partial charge in [0.25, 0.3) is 5.91 Å². The van der Waals surface area contributed by atoms with Gasteiger partial charge in [-0.05, 0) is 61.0 Å². The summed E-state index contributed by atoms with van der Waals surface area (Å²) in [7, 11) is 0. The number of carbonyl (C=O) groups excluding carboxylic acids is 1. The monoisotopic (exact) mass is 392 g/mol. The number of pyridine rings is 2. The molecule has 4 rings (SSSR count). The van der Waals surface area contributed by atoms with Crippen molar-refractivity contribution in [2.75, 3.05) is 13.1 Å². The van der Waals surface area contributed by atoms with E-state index in [2.05, 4.69) is 26.3 Å². The summed E-state index contributed by atoms with van der Waals surface area (Å²) in [4.78, 5) is 24.9. The first kappa shape index (κ1) is 18.8. The second-order valence-electron chi connectivity index (χ2n) is 7.14. The lowest BCUT2D eigenvalue weighted by atomic mass is 9.88. The predicted molar refractivity (Wildman–Crippen MR) is 111 cm³/mol. The molecule has 0 bridgehead atoms. The van der Waals surface area contributed by atoms with Gasteiger partial charge in [-0.25, -0.2) is 0 Å². The molecule has 1 fully saturated rings. The molecular weight excluding hydrogens is 368 g/mol. The maximum Gasteiger partial charge on any atom is 0.261 e. The zero-order valence-electron chi connectivity index (χ0n) is 15.7. The van der Waals surface area contributed by atoms with Crippen LogP contribution in [-0.2, 0) is 6.54 Å². The molecule has 1 saturated heterocycles. The van der Waals surface area contributed by atoms with Crippen LogP contribution < -0.4 is 5.32 Å². The van der Waals surface area contributed by atoms with E-state index in [-0.39, 0.29) is 11.9 Å². The van der Waals surface area contributed by atoms with Crippen LogP contribution in [0.2, 0.25) is 0 Å². The molecule has 0 radical (unpaired) electrons. The van der Waals surface area contributed by atoms with Crippen LogP contribution in [0.1, 0.15) is 39.9 Å². The number of aromatic nitrogens is 2. The van der Waals surface area contributed by atoms with E-state index in [0.29, 0.717) is 5.92 Å². The standard InChI is InChI=1S/C22H24N4OS/c27-22(20-10-6-14-28-20)25-21(19-9-2-4-12-24-19)17-7-5-13-26(15-17)16-18-8-1-3-11-23-18/h1-4,6,8-12,14,17,21H,5,7,13,15-16H2,(H,25,27)/t17-,21+/m1/s1. The maximum absolute atomic E-state index is 12.8. The molecule has 0 aromatic carbocycles. The van der Waals surface area contributed by atoms with Crippen LogP contribution in [0.25, 0.3) is 0 Å². The summed E-state index contributed by atoms with van der Waals surface area (Å²) in [6, 6.07) is 15.6. The van der Waals surface area contributed by atoms with Gasteiger partial charge in [-0.3, -0.25) is 19.7 Å². The highest BCUT2D eigenvalue weighted by molar-refractivity contribution is 7.12. The third-order valence-electron chi connectivity index (χ3n) is 5.16. The van der Waals surface area contributed by atoms with E-state index in [9.17, 15) is 4.79 Å². The topological polar surface area (TPSA) is 58.1 Å². The van der Waals surface area contributed by atoms with Crippen LogP contribution >= 0.6 is 11.3 Å². The van der Waals surface area contributed by atoms with Crippen molar-refractivity contribution in [2.24, 2.45) is 5.92 Å². The molecule has 3 aromatic rings. The molecule has 1 N–H and O–H groups in total. The number of carbonyl (C=O) groups is 1. The molecule has 0 unspecified atom stereocenters. The fourth-order valence-electron chi connectivity index (χ4n) is 3.84. The Labute approximate surface area is 169 Å². The number of thiophene rings is 1. The minimum absolute atomic E-state index is 0.0208. The molecule has 0 spiro atoms. The Balaban J connectivity index is 1.51. The minimum Gasteiger partial charge on any atom is -0.343 e. The summed E-state index contributed by atoms with van der Waals surface area (Å²) in [6.07, 6.45) is 5.82. The Hall–Kier alpha value is -2.57. The van der Waals surface area contributed by atoms with E-state index in [4.69, 9.17) is 0 Å². The molecule has 5 nitrogen and oxygen atoms in total. The summed E-state index contributed by atoms with van der Waals surface area (Å²) < 4.78 is 0. The molecular formula is C22H24N4OS. The summed E-state index contributed by atoms with van der Waals surface area (Å²) >= 11 is 1.47. The van der Waals surface area contributed by atoms with Crippen molar-refractivity contribution in [3.63, 3.8) is 0 Å². The lowest BCUT2D eigenvalue weighted by molar-refractivity contribution is 0.0878. The van der Waals surface area contributed by atoms with Gasteiger partial charge >= 0.3 is 0 Å². The van der Waals surface area contributed by atoms with Crippen molar-refractivity contribution >= 4 is 17.2 Å². The second-order valence-corrected chi connectivity index (χ2v) is 8.09. The molecule has 0 saturated carbocycles. The molecule has 2 atom stereocenters. The van der Waals surface area contributed by atoms with Gasteiger partial charge in [-0.1, -0.05) is 18.2 Å². The maximum atomic E-state index is 12.8. The average Bonchev–Trinajstić information content (AvgIpc) is 3.29. The Morgan fingerprint density at radius 1 is 1.14 bits per heavy atom. The minimum atomic E-state index is -0.0951. The first-order chi connectivity index (χ1) is 13.8. The van der Waals surface area contributed by atoms with Gasteiger partial charge in [-0.15, -0.1) is 11.3 Å². The Bertz CT molecular complexity index is 870. The third-order valence-corrected chi connectivity index (χ3v) is 6.03. The van der Waals surface area contributed by atoms with E-state index in [1.165, 1.54) is 11.3 Å². The number of hydrogen-bond acceptors (Lipinski definition) is 5. The summed E-state index contributed by atoms with van der Waals surface area (Å²) in [6.45, 7) is 2.81. The SMILES string of the molecule is O=C(N[C@H](c1ccccn1)[C@@H]1CCCN(Cc2ccccn2)C1)c1cccs1. The van der Waals surface area contributed by atoms with Gasteiger partial charge in [0.15, 0.2) is 0 Å². The molecule has 144 valence electrons. The van der Waals surface area contributed by atoms with E-state index in [1.54, 1.807) is 6.20 Å². The van der Waals surface area contributed by atoms with Gasteiger partial charge in [0, 0.05) is 25.5 Å². The van der Waals surface area contributed by atoms with Crippen LogP contribution in [0, 0.1) is 5.92 Å². The van der Waals surface area contributed by atoms with Crippen molar-refractivity contribution < 1.29 is 4.79 Å². The lowest BCUT2D eigenvalue weighted by Gasteiger charge is -2.37. The second kappa shape index (κ2) is 9.08. The number of piperidine rings is 1. The largest absolute Gasteiger partial charge is 0.343 e. The van der Waals surface area contributed by atoms with E-state index in [1.807, 2.05) is 54.0 Å². The first-order valence-electron chi connectivity index (χ1n) is 9.67. The van der Waals surface area contributed by atoms with Crippen LogP contribution in [-0.4, -0.2) is 33.9 Å².